The lowest BCUT2D eigenvalue weighted by Gasteiger charge is -2.30. The molecule has 2 aliphatic rings. The van der Waals surface area contributed by atoms with Gasteiger partial charge in [-0.3, -0.25) is 0 Å². The first-order valence-electron chi connectivity index (χ1n) is 6.68. The molecule has 1 atom stereocenters. The van der Waals surface area contributed by atoms with Crippen molar-refractivity contribution in [3.05, 3.63) is 41.7 Å². The maximum Gasteiger partial charge on any atom is 0.195 e. The van der Waals surface area contributed by atoms with Gasteiger partial charge in [0.2, 0.25) is 0 Å². The molecule has 1 fully saturated rings. The lowest BCUT2D eigenvalue weighted by molar-refractivity contribution is 0.352. The molecule has 1 aromatic carbocycles. The van der Waals surface area contributed by atoms with Crippen molar-refractivity contribution >= 4 is 11.7 Å². The van der Waals surface area contributed by atoms with Crippen molar-refractivity contribution < 1.29 is 4.39 Å². The van der Waals surface area contributed by atoms with E-state index in [1.54, 1.807) is 0 Å². The summed E-state index contributed by atoms with van der Waals surface area (Å²) in [7, 11) is 0. The van der Waals surface area contributed by atoms with Crippen molar-refractivity contribution in [3.63, 3.8) is 0 Å². The molecule has 1 aromatic rings. The van der Waals surface area contributed by atoms with Gasteiger partial charge in [0.1, 0.15) is 0 Å². The van der Waals surface area contributed by atoms with Crippen LogP contribution >= 0.6 is 0 Å². The second kappa shape index (κ2) is 4.88. The highest BCUT2D eigenvalue weighted by molar-refractivity contribution is 5.91. The van der Waals surface area contributed by atoms with Crippen molar-refractivity contribution in [2.24, 2.45) is 16.5 Å². The molecule has 0 aliphatic carbocycles. The van der Waals surface area contributed by atoms with E-state index >= 15 is 0 Å². The topological polar surface area (TPSA) is 79.4 Å². The summed E-state index contributed by atoms with van der Waals surface area (Å²) >= 11 is 0. The number of hydrogen-bond donors (Lipinski definition) is 3. The average Bonchev–Trinajstić information content (AvgIpc) is 3.26. The van der Waals surface area contributed by atoms with Crippen LogP contribution in [0.2, 0.25) is 0 Å². The lowest BCUT2D eigenvalue weighted by Crippen LogP contribution is -2.49. The number of nitrogens with zero attached hydrogens (tertiary/aromatic N) is 2. The van der Waals surface area contributed by atoms with Crippen molar-refractivity contribution in [3.8, 4) is 0 Å². The van der Waals surface area contributed by atoms with Crippen LogP contribution < -0.4 is 16.8 Å². The molecule has 0 aromatic heterocycles. The van der Waals surface area contributed by atoms with Crippen LogP contribution in [0.3, 0.4) is 0 Å². The Bertz CT molecular complexity index is 564. The number of hydrogen-bond acceptors (Lipinski definition) is 5. The van der Waals surface area contributed by atoms with Gasteiger partial charge in [-0.15, -0.1) is 0 Å². The van der Waals surface area contributed by atoms with Crippen molar-refractivity contribution in [2.45, 2.75) is 12.1 Å². The average molecular weight is 275 g/mol. The van der Waals surface area contributed by atoms with E-state index in [-0.39, 0.29) is 5.96 Å². The summed E-state index contributed by atoms with van der Waals surface area (Å²) in [5, 5.41) is 2.78. The molecule has 6 heteroatoms. The largest absolute Gasteiger partial charge is 0.370 e. The van der Waals surface area contributed by atoms with Crippen molar-refractivity contribution in [2.75, 3.05) is 19.6 Å². The zero-order chi connectivity index (χ0) is 14.2. The molecular weight excluding hydrogens is 257 g/mol. The van der Waals surface area contributed by atoms with Gasteiger partial charge in [0.05, 0.1) is 5.70 Å². The Kier molecular flexibility index (Phi) is 3.19. The Morgan fingerprint density at radius 2 is 2.00 bits per heavy atom. The molecule has 0 radical (unpaired) electrons. The maximum atomic E-state index is 14.7. The summed E-state index contributed by atoms with van der Waals surface area (Å²) in [4.78, 5) is 6.25. The van der Waals surface area contributed by atoms with Crippen LogP contribution in [-0.4, -0.2) is 36.2 Å². The second-order valence-electron chi connectivity index (χ2n) is 5.19. The van der Waals surface area contributed by atoms with Gasteiger partial charge < -0.3 is 21.7 Å². The summed E-state index contributed by atoms with van der Waals surface area (Å²) in [6.45, 7) is 2.82. The van der Waals surface area contributed by atoms with E-state index in [1.165, 1.54) is 0 Å². The molecular formula is C14H18FN5. The molecule has 2 aliphatic heterocycles. The van der Waals surface area contributed by atoms with Crippen molar-refractivity contribution in [1.82, 2.24) is 10.2 Å². The third-order valence-corrected chi connectivity index (χ3v) is 3.58. The van der Waals surface area contributed by atoms with Crippen LogP contribution in [0.5, 0.6) is 0 Å². The first-order valence-corrected chi connectivity index (χ1v) is 6.68. The predicted octanol–water partition coefficient (Wildman–Crippen LogP) is 0.603. The van der Waals surface area contributed by atoms with Gasteiger partial charge in [-0.25, -0.2) is 9.38 Å². The Morgan fingerprint density at radius 3 is 2.65 bits per heavy atom. The SMILES string of the molecule is NC1=NC(N)(CCN2CC2)C(F)=C(c2ccccc2)N1. The first-order chi connectivity index (χ1) is 9.58. The number of benzene rings is 1. The predicted molar refractivity (Wildman–Crippen MR) is 77.2 cm³/mol. The van der Waals surface area contributed by atoms with Gasteiger partial charge in [0.15, 0.2) is 17.4 Å². The first kappa shape index (κ1) is 13.1. The molecule has 0 spiro atoms. The Morgan fingerprint density at radius 1 is 1.30 bits per heavy atom. The van der Waals surface area contributed by atoms with Gasteiger partial charge in [0, 0.05) is 31.6 Å². The molecule has 5 N–H and O–H groups in total. The third kappa shape index (κ3) is 2.52. The molecule has 2 heterocycles. The number of rotatable bonds is 4. The molecule has 106 valence electrons. The van der Waals surface area contributed by atoms with Crippen molar-refractivity contribution in [1.29, 1.82) is 0 Å². The Hall–Kier alpha value is -1.92. The quantitative estimate of drug-likeness (QED) is 0.703. The van der Waals surface area contributed by atoms with E-state index in [1.807, 2.05) is 30.3 Å². The molecule has 0 saturated carbocycles. The van der Waals surface area contributed by atoms with E-state index < -0.39 is 11.5 Å². The summed E-state index contributed by atoms with van der Waals surface area (Å²) in [6.07, 6.45) is 0.414. The van der Waals surface area contributed by atoms with Crippen LogP contribution in [0.1, 0.15) is 12.0 Å². The molecule has 1 unspecified atom stereocenters. The van der Waals surface area contributed by atoms with Crippen LogP contribution in [0.25, 0.3) is 5.70 Å². The highest BCUT2D eigenvalue weighted by atomic mass is 19.1. The summed E-state index contributed by atoms with van der Waals surface area (Å²) in [5.41, 5.74) is 11.5. The zero-order valence-electron chi connectivity index (χ0n) is 11.1. The fourth-order valence-electron chi connectivity index (χ4n) is 2.28. The number of halogens is 1. The molecule has 0 amide bonds. The van der Waals surface area contributed by atoms with E-state index in [9.17, 15) is 4.39 Å². The van der Waals surface area contributed by atoms with Gasteiger partial charge in [-0.05, 0) is 0 Å². The van der Waals surface area contributed by atoms with Gasteiger partial charge >= 0.3 is 0 Å². The Balaban J connectivity index is 1.91. The smallest absolute Gasteiger partial charge is 0.195 e. The van der Waals surface area contributed by atoms with Gasteiger partial charge in [0.25, 0.3) is 0 Å². The molecule has 1 saturated heterocycles. The summed E-state index contributed by atoms with van der Waals surface area (Å²) in [5.74, 6) is -0.307. The van der Waals surface area contributed by atoms with E-state index in [4.69, 9.17) is 11.5 Å². The van der Waals surface area contributed by atoms with Crippen LogP contribution in [0.15, 0.2) is 41.2 Å². The van der Waals surface area contributed by atoms with Crippen LogP contribution in [0.4, 0.5) is 4.39 Å². The number of nitrogens with one attached hydrogen (secondary N) is 1. The van der Waals surface area contributed by atoms with E-state index in [0.717, 1.165) is 19.6 Å². The molecule has 5 nitrogen and oxygen atoms in total. The summed E-state index contributed by atoms with van der Waals surface area (Å²) < 4.78 is 14.7. The number of aliphatic imine (C=N–C) groups is 1. The van der Waals surface area contributed by atoms with E-state index in [2.05, 4.69) is 15.2 Å². The second-order valence-corrected chi connectivity index (χ2v) is 5.19. The fourth-order valence-corrected chi connectivity index (χ4v) is 2.28. The molecule has 0 bridgehead atoms. The third-order valence-electron chi connectivity index (χ3n) is 3.58. The minimum atomic E-state index is -1.37. The monoisotopic (exact) mass is 275 g/mol. The Labute approximate surface area is 117 Å². The minimum absolute atomic E-state index is 0.151. The fraction of sp³-hybridized carbons (Fsp3) is 0.357. The van der Waals surface area contributed by atoms with Gasteiger partial charge in [-0.2, -0.15) is 0 Å². The summed E-state index contributed by atoms with van der Waals surface area (Å²) in [6, 6.07) is 9.18. The van der Waals surface area contributed by atoms with Crippen LogP contribution in [-0.2, 0) is 0 Å². The van der Waals surface area contributed by atoms with Crippen LogP contribution in [0, 0.1) is 0 Å². The van der Waals surface area contributed by atoms with Gasteiger partial charge in [-0.1, -0.05) is 30.3 Å². The lowest BCUT2D eigenvalue weighted by atomic mass is 9.99. The zero-order valence-corrected chi connectivity index (χ0v) is 11.1. The molecule has 20 heavy (non-hydrogen) atoms. The number of nitrogens with two attached hydrogens (primary N) is 2. The normalized spacial score (nSPS) is 26.2. The number of guanidine groups is 1. The minimum Gasteiger partial charge on any atom is -0.370 e. The highest BCUT2D eigenvalue weighted by Gasteiger charge is 2.38. The standard InChI is InChI=1S/C14H18FN5/c15-12-11(10-4-2-1-3-5-10)18-13(16)19-14(12,17)6-7-20-8-9-20/h1-5H,6-9,17H2,(H3,16,18,19). The molecule has 3 rings (SSSR count). The highest BCUT2D eigenvalue weighted by Crippen LogP contribution is 2.31. The van der Waals surface area contributed by atoms with E-state index in [0.29, 0.717) is 17.7 Å². The maximum absolute atomic E-state index is 14.7.